The second-order valence-electron chi connectivity index (χ2n) is 4.66. The van der Waals surface area contributed by atoms with Crippen molar-refractivity contribution >= 4 is 5.69 Å². The molecule has 1 atom stereocenters. The fourth-order valence-electron chi connectivity index (χ4n) is 1.69. The van der Waals surface area contributed by atoms with Gasteiger partial charge in [0.2, 0.25) is 0 Å². The molecule has 0 aromatic heterocycles. The van der Waals surface area contributed by atoms with Crippen molar-refractivity contribution in [2.45, 2.75) is 19.6 Å². The molecule has 0 aliphatic rings. The molecule has 3 heteroatoms. The fourth-order valence-corrected chi connectivity index (χ4v) is 1.69. The number of rotatable bonds is 6. The lowest BCUT2D eigenvalue weighted by molar-refractivity contribution is 0.306. The number of anilines is 1. The van der Waals surface area contributed by atoms with Crippen molar-refractivity contribution in [3.8, 4) is 5.75 Å². The van der Waals surface area contributed by atoms with Gasteiger partial charge in [-0.05, 0) is 36.8 Å². The number of nitrogens with one attached hydrogen (secondary N) is 1. The van der Waals surface area contributed by atoms with Crippen LogP contribution < -0.4 is 15.8 Å². The van der Waals surface area contributed by atoms with Crippen LogP contribution in [0, 0.1) is 0 Å². The topological polar surface area (TPSA) is 47.3 Å². The average molecular weight is 256 g/mol. The van der Waals surface area contributed by atoms with Gasteiger partial charge in [-0.1, -0.05) is 30.3 Å². The quantitative estimate of drug-likeness (QED) is 0.835. The second kappa shape index (κ2) is 6.81. The highest BCUT2D eigenvalue weighted by Gasteiger charge is 1.98. The van der Waals surface area contributed by atoms with E-state index in [0.29, 0.717) is 6.61 Å². The lowest BCUT2D eigenvalue weighted by Crippen LogP contribution is -2.25. The van der Waals surface area contributed by atoms with E-state index in [2.05, 4.69) is 17.4 Å². The summed E-state index contributed by atoms with van der Waals surface area (Å²) >= 11 is 0. The van der Waals surface area contributed by atoms with Gasteiger partial charge in [0, 0.05) is 18.3 Å². The highest BCUT2D eigenvalue weighted by molar-refractivity contribution is 5.46. The number of ether oxygens (including phenoxy) is 1. The van der Waals surface area contributed by atoms with E-state index in [1.807, 2.05) is 49.4 Å². The molecule has 0 heterocycles. The Kier molecular flexibility index (Phi) is 4.81. The first-order valence-electron chi connectivity index (χ1n) is 6.50. The molecule has 100 valence electrons. The van der Waals surface area contributed by atoms with Crippen LogP contribution in [-0.2, 0) is 6.61 Å². The van der Waals surface area contributed by atoms with Gasteiger partial charge >= 0.3 is 0 Å². The summed E-state index contributed by atoms with van der Waals surface area (Å²) < 4.78 is 5.72. The molecule has 0 aliphatic heterocycles. The van der Waals surface area contributed by atoms with Crippen molar-refractivity contribution in [3.05, 3.63) is 60.2 Å². The first kappa shape index (κ1) is 13.4. The Morgan fingerprint density at radius 3 is 2.37 bits per heavy atom. The molecule has 2 rings (SSSR count). The minimum Gasteiger partial charge on any atom is -0.489 e. The van der Waals surface area contributed by atoms with Crippen LogP contribution in [0.2, 0.25) is 0 Å². The molecular formula is C16H20N2O. The van der Waals surface area contributed by atoms with Gasteiger partial charge in [-0.3, -0.25) is 0 Å². The molecule has 3 N–H and O–H groups in total. The fraction of sp³-hybridized carbons (Fsp3) is 0.250. The summed E-state index contributed by atoms with van der Waals surface area (Å²) in [4.78, 5) is 0. The number of nitrogens with two attached hydrogens (primary N) is 1. The third-order valence-electron chi connectivity index (χ3n) is 2.73. The highest BCUT2D eigenvalue weighted by atomic mass is 16.5. The van der Waals surface area contributed by atoms with E-state index in [0.717, 1.165) is 18.0 Å². The predicted molar refractivity (Wildman–Crippen MR) is 79.4 cm³/mol. The normalized spacial score (nSPS) is 11.9. The summed E-state index contributed by atoms with van der Waals surface area (Å²) in [6.45, 7) is 3.34. The zero-order chi connectivity index (χ0) is 13.5. The van der Waals surface area contributed by atoms with Crippen LogP contribution in [0.5, 0.6) is 5.75 Å². The number of hydrogen-bond acceptors (Lipinski definition) is 3. The van der Waals surface area contributed by atoms with Gasteiger partial charge in [-0.15, -0.1) is 0 Å². The molecule has 0 saturated heterocycles. The van der Waals surface area contributed by atoms with Crippen LogP contribution in [0.25, 0.3) is 0 Å². The predicted octanol–water partition coefficient (Wildman–Crippen LogP) is 3.02. The lowest BCUT2D eigenvalue weighted by Gasteiger charge is -2.10. The Labute approximate surface area is 114 Å². The third kappa shape index (κ3) is 4.64. The molecule has 2 aromatic carbocycles. The van der Waals surface area contributed by atoms with Gasteiger partial charge in [0.1, 0.15) is 12.4 Å². The molecule has 0 amide bonds. The number of hydrogen-bond donors (Lipinski definition) is 2. The largest absolute Gasteiger partial charge is 0.489 e. The minimum absolute atomic E-state index is 0.147. The van der Waals surface area contributed by atoms with Crippen molar-refractivity contribution in [1.29, 1.82) is 0 Å². The monoisotopic (exact) mass is 256 g/mol. The zero-order valence-corrected chi connectivity index (χ0v) is 11.2. The highest BCUT2D eigenvalue weighted by Crippen LogP contribution is 2.16. The molecule has 0 spiro atoms. The summed E-state index contributed by atoms with van der Waals surface area (Å²) in [5.41, 5.74) is 7.92. The van der Waals surface area contributed by atoms with E-state index in [1.165, 1.54) is 5.56 Å². The maximum absolute atomic E-state index is 5.72. The first-order valence-corrected chi connectivity index (χ1v) is 6.50. The van der Waals surface area contributed by atoms with Crippen LogP contribution in [-0.4, -0.2) is 12.6 Å². The van der Waals surface area contributed by atoms with Gasteiger partial charge in [0.25, 0.3) is 0 Å². The van der Waals surface area contributed by atoms with E-state index in [9.17, 15) is 0 Å². The molecule has 0 aliphatic carbocycles. The Hall–Kier alpha value is -2.00. The molecule has 2 aromatic rings. The van der Waals surface area contributed by atoms with E-state index in [1.54, 1.807) is 0 Å². The zero-order valence-electron chi connectivity index (χ0n) is 11.2. The molecule has 0 bridgehead atoms. The van der Waals surface area contributed by atoms with Crippen molar-refractivity contribution in [3.63, 3.8) is 0 Å². The van der Waals surface area contributed by atoms with Gasteiger partial charge < -0.3 is 15.8 Å². The minimum atomic E-state index is 0.147. The van der Waals surface area contributed by atoms with E-state index in [-0.39, 0.29) is 6.04 Å². The van der Waals surface area contributed by atoms with Crippen molar-refractivity contribution in [2.24, 2.45) is 5.73 Å². The first-order chi connectivity index (χ1) is 9.24. The Morgan fingerprint density at radius 2 is 1.74 bits per heavy atom. The van der Waals surface area contributed by atoms with Crippen molar-refractivity contribution in [1.82, 2.24) is 0 Å². The summed E-state index contributed by atoms with van der Waals surface area (Å²) in [5, 5.41) is 3.26. The molecule has 0 saturated carbocycles. The standard InChI is InChI=1S/C16H20N2O/c1-13(17)11-18-15-7-9-16(10-8-15)19-12-14-5-3-2-4-6-14/h2-10,13,18H,11-12,17H2,1H3. The molecule has 0 radical (unpaired) electrons. The maximum atomic E-state index is 5.72. The van der Waals surface area contributed by atoms with Crippen molar-refractivity contribution < 1.29 is 4.74 Å². The van der Waals surface area contributed by atoms with Crippen LogP contribution in [0.15, 0.2) is 54.6 Å². The Bertz CT molecular complexity index is 480. The maximum Gasteiger partial charge on any atom is 0.119 e. The van der Waals surface area contributed by atoms with Gasteiger partial charge in [-0.2, -0.15) is 0 Å². The SMILES string of the molecule is CC(N)CNc1ccc(OCc2ccccc2)cc1. The third-order valence-corrected chi connectivity index (χ3v) is 2.73. The van der Waals surface area contributed by atoms with Crippen LogP contribution in [0.1, 0.15) is 12.5 Å². The lowest BCUT2D eigenvalue weighted by atomic mass is 10.2. The Balaban J connectivity index is 1.85. The van der Waals surface area contributed by atoms with E-state index >= 15 is 0 Å². The summed E-state index contributed by atoms with van der Waals surface area (Å²) in [7, 11) is 0. The van der Waals surface area contributed by atoms with E-state index in [4.69, 9.17) is 10.5 Å². The number of benzene rings is 2. The van der Waals surface area contributed by atoms with E-state index < -0.39 is 0 Å². The summed E-state index contributed by atoms with van der Waals surface area (Å²) in [6, 6.07) is 18.2. The van der Waals surface area contributed by atoms with Crippen LogP contribution >= 0.6 is 0 Å². The van der Waals surface area contributed by atoms with Crippen molar-refractivity contribution in [2.75, 3.05) is 11.9 Å². The van der Waals surface area contributed by atoms with Crippen LogP contribution in [0.4, 0.5) is 5.69 Å². The summed E-state index contributed by atoms with van der Waals surface area (Å²) in [6.07, 6.45) is 0. The molecule has 3 nitrogen and oxygen atoms in total. The smallest absolute Gasteiger partial charge is 0.119 e. The molecule has 0 fully saturated rings. The average Bonchev–Trinajstić information content (AvgIpc) is 2.45. The van der Waals surface area contributed by atoms with Gasteiger partial charge in [-0.25, -0.2) is 0 Å². The van der Waals surface area contributed by atoms with Crippen LogP contribution in [0.3, 0.4) is 0 Å². The van der Waals surface area contributed by atoms with Gasteiger partial charge in [0.05, 0.1) is 0 Å². The second-order valence-corrected chi connectivity index (χ2v) is 4.66. The molecule has 19 heavy (non-hydrogen) atoms. The molecule has 1 unspecified atom stereocenters. The summed E-state index contributed by atoms with van der Waals surface area (Å²) in [5.74, 6) is 0.871. The van der Waals surface area contributed by atoms with Gasteiger partial charge in [0.15, 0.2) is 0 Å². The Morgan fingerprint density at radius 1 is 1.05 bits per heavy atom. The molecular weight excluding hydrogens is 236 g/mol.